The predicted molar refractivity (Wildman–Crippen MR) is 37.0 cm³/mol. The first kappa shape index (κ1) is 10.8. The molecule has 0 saturated carbocycles. The molecule has 12 heavy (non-hydrogen) atoms. The molecule has 1 aliphatic heterocycles. The van der Waals surface area contributed by atoms with Crippen molar-refractivity contribution >= 4 is 32.0 Å². The molecule has 0 aromatic carbocycles. The van der Waals surface area contributed by atoms with Gasteiger partial charge >= 0.3 is 119 Å². The largest absolute Gasteiger partial charge is 1.00 e. The summed E-state index contributed by atoms with van der Waals surface area (Å²) in [7, 11) is 0. The summed E-state index contributed by atoms with van der Waals surface area (Å²) in [6.45, 7) is 0. The normalized spacial score (nSPS) is 13.2. The molecule has 6 heteroatoms. The van der Waals surface area contributed by atoms with Crippen molar-refractivity contribution in [2.24, 2.45) is 4.99 Å². The fourth-order valence-electron chi connectivity index (χ4n) is 0.914. The quantitative estimate of drug-likeness (QED) is 0.474. The molecule has 1 aromatic heterocycles. The van der Waals surface area contributed by atoms with E-state index < -0.39 is 5.97 Å². The summed E-state index contributed by atoms with van der Waals surface area (Å²) in [6.07, 6.45) is 0.428. The Balaban J connectivity index is 0.000000720. The van der Waals surface area contributed by atoms with Gasteiger partial charge in [0.1, 0.15) is 0 Å². The van der Waals surface area contributed by atoms with Gasteiger partial charge in [0.15, 0.2) is 0 Å². The zero-order valence-electron chi connectivity index (χ0n) is 6.40. The summed E-state index contributed by atoms with van der Waals surface area (Å²) in [5.74, 6) is -0.574. The second kappa shape index (κ2) is 4.28. The van der Waals surface area contributed by atoms with E-state index in [-0.39, 0.29) is 71.6 Å². The van der Waals surface area contributed by atoms with Crippen molar-refractivity contribution in [1.82, 2.24) is 4.98 Å². The number of fused-ring (bicyclic) bond motifs is 1. The summed E-state index contributed by atoms with van der Waals surface area (Å²) in [4.78, 5) is 18.1. The Hall–Kier alpha value is 0.706. The zero-order chi connectivity index (χ0) is 7.84. The van der Waals surface area contributed by atoms with E-state index in [9.17, 15) is 9.90 Å². The molecule has 2 heterocycles. The van der Waals surface area contributed by atoms with Crippen molar-refractivity contribution in [1.29, 1.82) is 0 Å². The maximum atomic E-state index is 10.3. The van der Waals surface area contributed by atoms with Gasteiger partial charge in [-0.15, -0.1) is 0 Å². The van der Waals surface area contributed by atoms with Crippen molar-refractivity contribution in [2.75, 3.05) is 0 Å². The van der Waals surface area contributed by atoms with Crippen LogP contribution in [0.1, 0.15) is 4.44 Å². The number of aliphatic imine (C=N–C) groups is 1. The Labute approximate surface area is 117 Å². The van der Waals surface area contributed by atoms with E-state index in [0.29, 0.717) is 12.2 Å². The van der Waals surface area contributed by atoms with Gasteiger partial charge in [0.25, 0.3) is 0 Å². The summed E-state index contributed by atoms with van der Waals surface area (Å²) in [6, 6.07) is 0. The average molecular weight is 253 g/mol. The van der Waals surface area contributed by atoms with E-state index in [4.69, 9.17) is 0 Å². The smallest absolute Gasteiger partial charge is 1.00 e. The molecule has 0 aliphatic carbocycles. The van der Waals surface area contributed by atoms with E-state index in [1.165, 1.54) is 0 Å². The van der Waals surface area contributed by atoms with E-state index >= 15 is 0 Å². The van der Waals surface area contributed by atoms with E-state index in [2.05, 4.69) is 9.98 Å². The first-order valence-electron chi connectivity index (χ1n) is 2.98. The molecule has 1 aromatic rings. The average Bonchev–Trinajstić information content (AvgIpc) is 2.40. The number of aromatic nitrogens is 1. The molecular weight excluding hydrogens is 250 g/mol. The van der Waals surface area contributed by atoms with Gasteiger partial charge in [0.05, 0.1) is 0 Å². The number of carbonyl (C=O) groups excluding carboxylic acids is 1. The van der Waals surface area contributed by atoms with Crippen molar-refractivity contribution in [3.05, 3.63) is 9.51 Å². The van der Waals surface area contributed by atoms with Gasteiger partial charge in [0.2, 0.25) is 0 Å². The topological polar surface area (TPSA) is 65.4 Å². The van der Waals surface area contributed by atoms with Gasteiger partial charge in [-0.3, -0.25) is 0 Å². The van der Waals surface area contributed by atoms with Crippen LogP contribution < -0.4 is 56.5 Å². The molecule has 0 atom stereocenters. The monoisotopic (exact) mass is 254 g/mol. The number of aliphatic carboxylic acids is 1. The van der Waals surface area contributed by atoms with E-state index in [0.717, 1.165) is 4.44 Å². The third kappa shape index (κ3) is 1.96. The standard InChI is InChI=1S/C6H4N2O2Se.K/c9-6(10)3-1-4-5(8-3)7-2-11-4;/h2H,1H2,(H,9,10);/q;+1/p-1. The predicted octanol–water partition coefficient (Wildman–Crippen LogP) is -4.48. The molecule has 0 fully saturated rings. The number of carbonyl (C=O) groups is 1. The Morgan fingerprint density at radius 2 is 2.42 bits per heavy atom. The van der Waals surface area contributed by atoms with Crippen LogP contribution in [-0.4, -0.2) is 31.2 Å². The molecule has 0 unspecified atom stereocenters. The molecule has 0 saturated heterocycles. The molecule has 56 valence electrons. The molecule has 0 radical (unpaired) electrons. The van der Waals surface area contributed by atoms with Crippen LogP contribution in [-0.2, 0) is 11.2 Å². The van der Waals surface area contributed by atoms with Gasteiger partial charge < -0.3 is 0 Å². The summed E-state index contributed by atoms with van der Waals surface area (Å²) < 4.78 is 1.05. The molecule has 0 bridgehead atoms. The van der Waals surface area contributed by atoms with Crippen LogP contribution in [0.4, 0.5) is 5.82 Å². The van der Waals surface area contributed by atoms with Crippen molar-refractivity contribution in [3.63, 3.8) is 0 Å². The SMILES string of the molecule is O=C([O-])C1=Nc2nc[se]c2C1.[K+]. The van der Waals surface area contributed by atoms with Gasteiger partial charge in [-0.1, -0.05) is 0 Å². The summed E-state index contributed by atoms with van der Waals surface area (Å²) >= 11 is 0.218. The van der Waals surface area contributed by atoms with Crippen molar-refractivity contribution in [3.8, 4) is 0 Å². The number of carboxylic acids is 1. The molecule has 0 spiro atoms. The third-order valence-corrected chi connectivity index (χ3v) is 3.15. The first-order valence-corrected chi connectivity index (χ1v) is 4.83. The molecule has 0 amide bonds. The van der Waals surface area contributed by atoms with Crippen LogP contribution in [0.5, 0.6) is 0 Å². The van der Waals surface area contributed by atoms with Gasteiger partial charge in [-0.2, -0.15) is 0 Å². The van der Waals surface area contributed by atoms with Crippen molar-refractivity contribution in [2.45, 2.75) is 6.42 Å². The Morgan fingerprint density at radius 1 is 1.67 bits per heavy atom. The number of nitrogens with zero attached hydrogens (tertiary/aromatic N) is 2. The van der Waals surface area contributed by atoms with Crippen LogP contribution in [0.2, 0.25) is 0 Å². The van der Waals surface area contributed by atoms with Gasteiger partial charge in [0, 0.05) is 0 Å². The van der Waals surface area contributed by atoms with E-state index in [1.807, 2.05) is 0 Å². The van der Waals surface area contributed by atoms with Crippen LogP contribution in [0, 0.1) is 0 Å². The van der Waals surface area contributed by atoms with Crippen LogP contribution >= 0.6 is 0 Å². The molecule has 2 rings (SSSR count). The number of rotatable bonds is 1. The zero-order valence-corrected chi connectivity index (χ0v) is 11.2. The molecule has 4 nitrogen and oxygen atoms in total. The Morgan fingerprint density at radius 3 is 3.00 bits per heavy atom. The van der Waals surface area contributed by atoms with Crippen LogP contribution in [0.3, 0.4) is 0 Å². The fourth-order valence-corrected chi connectivity index (χ4v) is 2.39. The number of carboxylic acid groups (broad SMARTS) is 1. The number of hydrogen-bond acceptors (Lipinski definition) is 4. The van der Waals surface area contributed by atoms with Gasteiger partial charge in [-0.25, -0.2) is 0 Å². The van der Waals surface area contributed by atoms with Crippen LogP contribution in [0.25, 0.3) is 0 Å². The Bertz CT molecular complexity index is 347. The summed E-state index contributed by atoms with van der Waals surface area (Å²) in [5.41, 5.74) is 0.119. The second-order valence-electron chi connectivity index (χ2n) is 2.12. The van der Waals surface area contributed by atoms with Gasteiger partial charge in [-0.05, 0) is 0 Å². The minimum atomic E-state index is -1.18. The molecule has 1 aliphatic rings. The fraction of sp³-hybridized carbons (Fsp3) is 0.167. The third-order valence-electron chi connectivity index (χ3n) is 1.42. The second-order valence-corrected chi connectivity index (χ2v) is 4.09. The first-order chi connectivity index (χ1) is 5.27. The van der Waals surface area contributed by atoms with Crippen molar-refractivity contribution < 1.29 is 61.3 Å². The summed E-state index contributed by atoms with van der Waals surface area (Å²) in [5, 5.41) is 12.1. The van der Waals surface area contributed by atoms with Crippen LogP contribution in [0.15, 0.2) is 10.1 Å². The Kier molecular flexibility index (Phi) is 3.85. The maximum absolute atomic E-state index is 10.3. The van der Waals surface area contributed by atoms with E-state index in [1.54, 1.807) is 5.07 Å². The molecular formula is C6H3KN2O2Se. The minimum Gasteiger partial charge on any atom is 1.00 e. The molecule has 0 N–H and O–H groups in total. The number of hydrogen-bond donors (Lipinski definition) is 0. The minimum absolute atomic E-state index is 0. The maximum Gasteiger partial charge on any atom is 1.00 e.